The Kier molecular flexibility index (Phi) is 4.94. The minimum atomic E-state index is 0.326. The van der Waals surface area contributed by atoms with Crippen LogP contribution in [0.4, 0.5) is 0 Å². The summed E-state index contributed by atoms with van der Waals surface area (Å²) in [7, 11) is 0. The molecule has 3 rings (SSSR count). The van der Waals surface area contributed by atoms with Crippen molar-refractivity contribution in [2.24, 2.45) is 5.92 Å². The second-order valence-corrected chi connectivity index (χ2v) is 6.20. The van der Waals surface area contributed by atoms with E-state index in [9.17, 15) is 0 Å². The first-order valence-corrected chi connectivity index (χ1v) is 8.23. The number of benzene rings is 1. The molecule has 2 N–H and O–H groups in total. The fraction of sp³-hybridized carbons (Fsp3) is 0.556. The molecule has 0 amide bonds. The Morgan fingerprint density at radius 3 is 2.76 bits per heavy atom. The quantitative estimate of drug-likeness (QED) is 0.817. The van der Waals surface area contributed by atoms with E-state index in [1.165, 1.54) is 42.8 Å². The van der Waals surface area contributed by atoms with Crippen molar-refractivity contribution in [3.63, 3.8) is 0 Å². The van der Waals surface area contributed by atoms with Gasteiger partial charge in [0.05, 0.1) is 0 Å². The highest BCUT2D eigenvalue weighted by molar-refractivity contribution is 5.59. The average molecular weight is 286 g/mol. The molecule has 0 bridgehead atoms. The zero-order chi connectivity index (χ0) is 14.5. The molecule has 0 aromatic heterocycles. The van der Waals surface area contributed by atoms with Gasteiger partial charge in [0.25, 0.3) is 0 Å². The first kappa shape index (κ1) is 14.6. The van der Waals surface area contributed by atoms with E-state index in [0.29, 0.717) is 12.5 Å². The van der Waals surface area contributed by atoms with Crippen LogP contribution in [0.25, 0.3) is 6.08 Å². The Labute approximate surface area is 127 Å². The lowest BCUT2D eigenvalue weighted by Gasteiger charge is -2.34. The molecule has 1 aromatic carbocycles. The minimum Gasteiger partial charge on any atom is -0.396 e. The van der Waals surface area contributed by atoms with Crippen molar-refractivity contribution in [3.8, 4) is 0 Å². The van der Waals surface area contributed by atoms with Crippen LogP contribution in [-0.4, -0.2) is 36.2 Å². The molecular formula is C18H26N2O. The van der Waals surface area contributed by atoms with Crippen LogP contribution in [0.3, 0.4) is 0 Å². The maximum atomic E-state index is 8.85. The number of unbranched alkanes of at least 4 members (excludes halogenated alkanes) is 1. The number of nitrogens with one attached hydrogen (secondary N) is 1. The topological polar surface area (TPSA) is 35.5 Å². The van der Waals surface area contributed by atoms with Crippen LogP contribution in [-0.2, 0) is 6.54 Å². The standard InChI is InChI=1S/C18H26N2O/c21-12-4-3-9-20-10-7-15(8-11-20)18-13-16-5-1-2-6-17(16)14-19-18/h1-2,5-6,13,15,19,21H,3-4,7-12,14H2. The van der Waals surface area contributed by atoms with E-state index < -0.39 is 0 Å². The van der Waals surface area contributed by atoms with Gasteiger partial charge in [-0.1, -0.05) is 24.3 Å². The van der Waals surface area contributed by atoms with Crippen LogP contribution < -0.4 is 5.32 Å². The molecular weight excluding hydrogens is 260 g/mol. The monoisotopic (exact) mass is 286 g/mol. The Morgan fingerprint density at radius 2 is 1.95 bits per heavy atom. The van der Waals surface area contributed by atoms with Gasteiger partial charge in [0.2, 0.25) is 0 Å². The van der Waals surface area contributed by atoms with Gasteiger partial charge in [-0.25, -0.2) is 0 Å². The van der Waals surface area contributed by atoms with Crippen molar-refractivity contribution in [3.05, 3.63) is 41.1 Å². The normalized spacial score (nSPS) is 19.8. The Morgan fingerprint density at radius 1 is 1.14 bits per heavy atom. The smallest absolute Gasteiger partial charge is 0.0431 e. The number of hydrogen-bond donors (Lipinski definition) is 2. The summed E-state index contributed by atoms with van der Waals surface area (Å²) < 4.78 is 0. The van der Waals surface area contributed by atoms with E-state index in [4.69, 9.17) is 5.11 Å². The van der Waals surface area contributed by atoms with E-state index in [2.05, 4.69) is 40.6 Å². The van der Waals surface area contributed by atoms with Gasteiger partial charge in [0.15, 0.2) is 0 Å². The number of nitrogens with zero attached hydrogens (tertiary/aromatic N) is 1. The zero-order valence-corrected chi connectivity index (χ0v) is 12.7. The van der Waals surface area contributed by atoms with Crippen LogP contribution in [0.2, 0.25) is 0 Å². The third-order valence-corrected chi connectivity index (χ3v) is 4.76. The summed E-state index contributed by atoms with van der Waals surface area (Å²) in [5, 5.41) is 12.5. The van der Waals surface area contributed by atoms with E-state index in [1.54, 1.807) is 0 Å². The number of aliphatic hydroxyl groups is 1. The molecule has 0 saturated carbocycles. The largest absolute Gasteiger partial charge is 0.396 e. The number of hydrogen-bond acceptors (Lipinski definition) is 3. The van der Waals surface area contributed by atoms with Gasteiger partial charge in [0, 0.05) is 24.8 Å². The summed E-state index contributed by atoms with van der Waals surface area (Å²) in [5.74, 6) is 0.687. The third kappa shape index (κ3) is 3.66. The molecule has 3 nitrogen and oxygen atoms in total. The Hall–Kier alpha value is -1.32. The van der Waals surface area contributed by atoms with Gasteiger partial charge in [-0.3, -0.25) is 0 Å². The molecule has 1 saturated heterocycles. The van der Waals surface area contributed by atoms with Crippen molar-refractivity contribution in [1.82, 2.24) is 10.2 Å². The first-order chi connectivity index (χ1) is 10.4. The summed E-state index contributed by atoms with van der Waals surface area (Å²) in [6.07, 6.45) is 6.91. The fourth-order valence-corrected chi connectivity index (χ4v) is 3.43. The Balaban J connectivity index is 1.54. The van der Waals surface area contributed by atoms with Gasteiger partial charge in [-0.05, 0) is 62.5 Å². The number of likely N-dealkylation sites (tertiary alicyclic amines) is 1. The molecule has 1 fully saturated rings. The Bertz CT molecular complexity index is 490. The zero-order valence-electron chi connectivity index (χ0n) is 12.7. The molecule has 0 aliphatic carbocycles. The van der Waals surface area contributed by atoms with Gasteiger partial charge >= 0.3 is 0 Å². The van der Waals surface area contributed by atoms with Gasteiger partial charge in [-0.15, -0.1) is 0 Å². The molecule has 0 spiro atoms. The number of allylic oxidation sites excluding steroid dienone is 1. The van der Waals surface area contributed by atoms with Crippen molar-refractivity contribution < 1.29 is 5.11 Å². The van der Waals surface area contributed by atoms with Crippen molar-refractivity contribution in [1.29, 1.82) is 0 Å². The molecule has 1 aromatic rings. The van der Waals surface area contributed by atoms with Crippen LogP contribution in [0, 0.1) is 5.92 Å². The summed E-state index contributed by atoms with van der Waals surface area (Å²) in [6.45, 7) is 4.82. The maximum absolute atomic E-state index is 8.85. The van der Waals surface area contributed by atoms with Crippen LogP contribution in [0.5, 0.6) is 0 Å². The van der Waals surface area contributed by atoms with Gasteiger partial charge < -0.3 is 15.3 Å². The third-order valence-electron chi connectivity index (χ3n) is 4.76. The SMILES string of the molecule is OCCCCN1CCC(C2=Cc3ccccc3CN2)CC1. The lowest BCUT2D eigenvalue weighted by atomic mass is 9.89. The minimum absolute atomic E-state index is 0.326. The number of fused-ring (bicyclic) bond motifs is 1. The van der Waals surface area contributed by atoms with Crippen LogP contribution in [0.15, 0.2) is 30.0 Å². The second kappa shape index (κ2) is 7.10. The molecule has 3 heteroatoms. The molecule has 0 radical (unpaired) electrons. The van der Waals surface area contributed by atoms with E-state index in [1.807, 2.05) is 0 Å². The number of piperidine rings is 1. The average Bonchev–Trinajstić information content (AvgIpc) is 2.55. The van der Waals surface area contributed by atoms with E-state index in [-0.39, 0.29) is 0 Å². The lowest BCUT2D eigenvalue weighted by Crippen LogP contribution is -2.37. The first-order valence-electron chi connectivity index (χ1n) is 8.23. The highest BCUT2D eigenvalue weighted by atomic mass is 16.2. The molecule has 0 unspecified atom stereocenters. The van der Waals surface area contributed by atoms with E-state index >= 15 is 0 Å². The van der Waals surface area contributed by atoms with Crippen molar-refractivity contribution >= 4 is 6.08 Å². The highest BCUT2D eigenvalue weighted by Crippen LogP contribution is 2.28. The van der Waals surface area contributed by atoms with Crippen LogP contribution in [0.1, 0.15) is 36.8 Å². The summed E-state index contributed by atoms with van der Waals surface area (Å²) >= 11 is 0. The molecule has 0 atom stereocenters. The second-order valence-electron chi connectivity index (χ2n) is 6.20. The summed E-state index contributed by atoms with van der Waals surface area (Å²) in [5.41, 5.74) is 4.23. The maximum Gasteiger partial charge on any atom is 0.0431 e. The molecule has 2 aliphatic rings. The van der Waals surface area contributed by atoms with E-state index in [0.717, 1.165) is 25.9 Å². The van der Waals surface area contributed by atoms with Crippen LogP contribution >= 0.6 is 0 Å². The predicted molar refractivity (Wildman–Crippen MR) is 86.7 cm³/mol. The van der Waals surface area contributed by atoms with Crippen molar-refractivity contribution in [2.45, 2.75) is 32.2 Å². The number of rotatable bonds is 5. The predicted octanol–water partition coefficient (Wildman–Crippen LogP) is 2.62. The lowest BCUT2D eigenvalue weighted by molar-refractivity contribution is 0.186. The van der Waals surface area contributed by atoms with Gasteiger partial charge in [-0.2, -0.15) is 0 Å². The summed E-state index contributed by atoms with van der Waals surface area (Å²) in [4.78, 5) is 2.55. The molecule has 21 heavy (non-hydrogen) atoms. The fourth-order valence-electron chi connectivity index (χ4n) is 3.43. The number of aliphatic hydroxyl groups excluding tert-OH is 1. The van der Waals surface area contributed by atoms with Gasteiger partial charge in [0.1, 0.15) is 0 Å². The molecule has 2 aliphatic heterocycles. The summed E-state index contributed by atoms with van der Waals surface area (Å²) in [6, 6.07) is 8.67. The molecule has 114 valence electrons. The van der Waals surface area contributed by atoms with Crippen molar-refractivity contribution in [2.75, 3.05) is 26.2 Å². The molecule has 2 heterocycles. The highest BCUT2D eigenvalue weighted by Gasteiger charge is 2.23.